The summed E-state index contributed by atoms with van der Waals surface area (Å²) in [6.45, 7) is 3.99. The summed E-state index contributed by atoms with van der Waals surface area (Å²) in [5, 5.41) is 0. The lowest BCUT2D eigenvalue weighted by Gasteiger charge is -2.11. The molecule has 0 amide bonds. The lowest BCUT2D eigenvalue weighted by Crippen LogP contribution is -2.00. The number of hydrogen-bond acceptors (Lipinski definition) is 5. The van der Waals surface area contributed by atoms with Crippen LogP contribution in [0, 0.1) is 13.8 Å². The number of methoxy groups -OCH3 is 1. The molecule has 2 rings (SSSR count). The van der Waals surface area contributed by atoms with Crippen molar-refractivity contribution in [3.05, 3.63) is 34.1 Å². The van der Waals surface area contributed by atoms with Gasteiger partial charge >= 0.3 is 0 Å². The molecule has 19 heavy (non-hydrogen) atoms. The summed E-state index contributed by atoms with van der Waals surface area (Å²) >= 11 is 3.51. The van der Waals surface area contributed by atoms with E-state index < -0.39 is 0 Å². The van der Waals surface area contributed by atoms with Crippen LogP contribution in [-0.2, 0) is 0 Å². The third-order valence-corrected chi connectivity index (χ3v) is 3.88. The third-order valence-electron chi connectivity index (χ3n) is 2.63. The second kappa shape index (κ2) is 5.44. The van der Waals surface area contributed by atoms with E-state index in [9.17, 15) is 0 Å². The van der Waals surface area contributed by atoms with Crippen molar-refractivity contribution in [1.82, 2.24) is 9.97 Å². The maximum absolute atomic E-state index is 5.86. The number of aromatic nitrogens is 2. The molecule has 0 aliphatic carbocycles. The molecule has 0 aliphatic rings. The molecule has 0 saturated heterocycles. The molecule has 0 fully saturated rings. The van der Waals surface area contributed by atoms with Crippen molar-refractivity contribution in [3.8, 4) is 17.5 Å². The van der Waals surface area contributed by atoms with Gasteiger partial charge in [0.1, 0.15) is 12.1 Å². The normalized spacial score (nSPS) is 10.3. The number of rotatable bonds is 3. The van der Waals surface area contributed by atoms with Crippen LogP contribution >= 0.6 is 15.9 Å². The van der Waals surface area contributed by atoms with E-state index in [2.05, 4.69) is 25.9 Å². The molecule has 0 bridgehead atoms. The molecule has 2 N–H and O–H groups in total. The predicted molar refractivity (Wildman–Crippen MR) is 76.7 cm³/mol. The Balaban J connectivity index is 2.36. The Morgan fingerprint density at radius 3 is 2.26 bits per heavy atom. The fourth-order valence-electron chi connectivity index (χ4n) is 1.69. The standard InChI is InChI=1S/C13H14BrN3O2/c1-7-4-9(5-8(2)10(7)14)19-13-11(15)12(18-3)16-6-17-13/h4-6H,15H2,1-3H3. The van der Waals surface area contributed by atoms with E-state index >= 15 is 0 Å². The highest BCUT2D eigenvalue weighted by atomic mass is 79.9. The number of anilines is 1. The number of aryl methyl sites for hydroxylation is 2. The molecule has 1 aromatic carbocycles. The first-order chi connectivity index (χ1) is 9.02. The Morgan fingerprint density at radius 1 is 1.11 bits per heavy atom. The van der Waals surface area contributed by atoms with E-state index in [-0.39, 0.29) is 11.6 Å². The van der Waals surface area contributed by atoms with Crippen LogP contribution in [0.4, 0.5) is 5.69 Å². The van der Waals surface area contributed by atoms with Crippen molar-refractivity contribution in [2.24, 2.45) is 0 Å². The summed E-state index contributed by atoms with van der Waals surface area (Å²) in [6.07, 6.45) is 1.35. The van der Waals surface area contributed by atoms with Gasteiger partial charge < -0.3 is 15.2 Å². The summed E-state index contributed by atoms with van der Waals surface area (Å²) < 4.78 is 11.8. The first-order valence-electron chi connectivity index (χ1n) is 5.62. The van der Waals surface area contributed by atoms with Gasteiger partial charge in [0.05, 0.1) is 7.11 Å². The smallest absolute Gasteiger partial charge is 0.249 e. The van der Waals surface area contributed by atoms with Crippen LogP contribution in [0.3, 0.4) is 0 Å². The molecule has 0 unspecified atom stereocenters. The van der Waals surface area contributed by atoms with Gasteiger partial charge in [0, 0.05) is 4.47 Å². The fraction of sp³-hybridized carbons (Fsp3) is 0.231. The molecule has 5 nitrogen and oxygen atoms in total. The third kappa shape index (κ3) is 2.78. The number of halogens is 1. The summed E-state index contributed by atoms with van der Waals surface area (Å²) in [4.78, 5) is 7.92. The minimum Gasteiger partial charge on any atom is -0.479 e. The van der Waals surface area contributed by atoms with Crippen LogP contribution in [0.5, 0.6) is 17.5 Å². The number of nitrogen functional groups attached to an aromatic ring is 1. The highest BCUT2D eigenvalue weighted by Crippen LogP contribution is 2.33. The number of hydrogen-bond donors (Lipinski definition) is 1. The van der Waals surface area contributed by atoms with E-state index in [0.717, 1.165) is 15.6 Å². The quantitative estimate of drug-likeness (QED) is 0.938. The maximum Gasteiger partial charge on any atom is 0.249 e. The Labute approximate surface area is 119 Å². The van der Waals surface area contributed by atoms with Crippen molar-refractivity contribution < 1.29 is 9.47 Å². The molecule has 0 saturated carbocycles. The van der Waals surface area contributed by atoms with E-state index in [0.29, 0.717) is 11.6 Å². The van der Waals surface area contributed by atoms with Crippen molar-refractivity contribution in [3.63, 3.8) is 0 Å². The van der Waals surface area contributed by atoms with Crippen LogP contribution in [0.15, 0.2) is 22.9 Å². The van der Waals surface area contributed by atoms with Crippen LogP contribution < -0.4 is 15.2 Å². The average Bonchev–Trinajstić information content (AvgIpc) is 2.38. The molecule has 0 spiro atoms. The van der Waals surface area contributed by atoms with Gasteiger partial charge in [0.25, 0.3) is 0 Å². The molecule has 1 heterocycles. The van der Waals surface area contributed by atoms with Gasteiger partial charge in [-0.05, 0) is 37.1 Å². The van der Waals surface area contributed by atoms with Crippen LogP contribution in [0.1, 0.15) is 11.1 Å². The van der Waals surface area contributed by atoms with Gasteiger partial charge in [-0.25, -0.2) is 0 Å². The lowest BCUT2D eigenvalue weighted by atomic mass is 10.1. The Bertz CT molecular complexity index is 594. The second-order valence-corrected chi connectivity index (χ2v) is 4.87. The zero-order valence-corrected chi connectivity index (χ0v) is 12.5. The minimum absolute atomic E-state index is 0.281. The number of ether oxygens (including phenoxy) is 2. The van der Waals surface area contributed by atoms with Gasteiger partial charge in [-0.2, -0.15) is 9.97 Å². The monoisotopic (exact) mass is 323 g/mol. The summed E-state index contributed by atoms with van der Waals surface area (Å²) in [5.74, 6) is 1.26. The second-order valence-electron chi connectivity index (χ2n) is 4.07. The molecule has 0 aliphatic heterocycles. The van der Waals surface area contributed by atoms with E-state index in [4.69, 9.17) is 15.2 Å². The average molecular weight is 324 g/mol. The largest absolute Gasteiger partial charge is 0.479 e. The number of benzene rings is 1. The number of nitrogens with zero attached hydrogens (tertiary/aromatic N) is 2. The molecule has 6 heteroatoms. The van der Waals surface area contributed by atoms with Gasteiger partial charge in [0.15, 0.2) is 5.69 Å². The van der Waals surface area contributed by atoms with E-state index in [1.807, 2.05) is 26.0 Å². The molecule has 2 aromatic rings. The Morgan fingerprint density at radius 2 is 1.68 bits per heavy atom. The molecule has 0 atom stereocenters. The van der Waals surface area contributed by atoms with Crippen LogP contribution in [0.2, 0.25) is 0 Å². The molecular weight excluding hydrogens is 310 g/mol. The highest BCUT2D eigenvalue weighted by molar-refractivity contribution is 9.10. The molecule has 0 radical (unpaired) electrons. The molecule has 1 aromatic heterocycles. The zero-order chi connectivity index (χ0) is 14.0. The van der Waals surface area contributed by atoms with Gasteiger partial charge in [-0.15, -0.1) is 0 Å². The minimum atomic E-state index is 0.281. The predicted octanol–water partition coefficient (Wildman–Crippen LogP) is 3.24. The van der Waals surface area contributed by atoms with Crippen molar-refractivity contribution >= 4 is 21.6 Å². The first kappa shape index (κ1) is 13.6. The highest BCUT2D eigenvalue weighted by Gasteiger charge is 2.11. The van der Waals surface area contributed by atoms with Crippen LogP contribution in [0.25, 0.3) is 0 Å². The Kier molecular flexibility index (Phi) is 3.90. The van der Waals surface area contributed by atoms with Crippen molar-refractivity contribution in [1.29, 1.82) is 0 Å². The van der Waals surface area contributed by atoms with Gasteiger partial charge in [-0.3, -0.25) is 0 Å². The first-order valence-corrected chi connectivity index (χ1v) is 6.41. The lowest BCUT2D eigenvalue weighted by molar-refractivity contribution is 0.391. The zero-order valence-electron chi connectivity index (χ0n) is 10.9. The summed E-state index contributed by atoms with van der Waals surface area (Å²) in [6, 6.07) is 3.82. The van der Waals surface area contributed by atoms with Crippen molar-refractivity contribution in [2.45, 2.75) is 13.8 Å². The van der Waals surface area contributed by atoms with Gasteiger partial charge in [-0.1, -0.05) is 15.9 Å². The van der Waals surface area contributed by atoms with E-state index in [1.165, 1.54) is 13.4 Å². The molecular formula is C13H14BrN3O2. The Hall–Kier alpha value is -1.82. The summed E-state index contributed by atoms with van der Waals surface area (Å²) in [7, 11) is 1.50. The summed E-state index contributed by atoms with van der Waals surface area (Å²) in [5.41, 5.74) is 8.30. The van der Waals surface area contributed by atoms with Gasteiger partial charge in [0.2, 0.25) is 11.8 Å². The van der Waals surface area contributed by atoms with Crippen molar-refractivity contribution in [2.75, 3.05) is 12.8 Å². The van der Waals surface area contributed by atoms with E-state index in [1.54, 1.807) is 0 Å². The maximum atomic E-state index is 5.86. The van der Waals surface area contributed by atoms with Crippen LogP contribution in [-0.4, -0.2) is 17.1 Å². The number of nitrogens with two attached hydrogens (primary N) is 1. The topological polar surface area (TPSA) is 70.3 Å². The SMILES string of the molecule is COc1ncnc(Oc2cc(C)c(Br)c(C)c2)c1N. The molecule has 100 valence electrons. The fourth-order valence-corrected chi connectivity index (χ4v) is 1.91.